The van der Waals surface area contributed by atoms with Crippen molar-refractivity contribution in [1.82, 2.24) is 0 Å². The first-order valence-corrected chi connectivity index (χ1v) is 8.71. The first-order chi connectivity index (χ1) is 12.1. The molecule has 0 N–H and O–H groups in total. The van der Waals surface area contributed by atoms with Crippen LogP contribution in [0.5, 0.6) is 0 Å². The fraction of sp³-hybridized carbons (Fsp3) is 0.182. The van der Waals surface area contributed by atoms with E-state index < -0.39 is 0 Å². The lowest BCUT2D eigenvalue weighted by Crippen LogP contribution is -2.59. The topological polar surface area (TPSA) is 6.48 Å². The van der Waals surface area contributed by atoms with Gasteiger partial charge in [-0.1, -0.05) is 65.7 Å². The molecule has 3 heteroatoms. The van der Waals surface area contributed by atoms with Crippen LogP contribution in [0, 0.1) is 13.8 Å². The van der Waals surface area contributed by atoms with Crippen molar-refractivity contribution in [2.45, 2.75) is 13.8 Å². The van der Waals surface area contributed by atoms with E-state index >= 15 is 0 Å². The Labute approximate surface area is 151 Å². The van der Waals surface area contributed by atoms with E-state index in [1.807, 2.05) is 0 Å². The highest BCUT2D eigenvalue weighted by atomic mass is 15.2. The summed E-state index contributed by atoms with van der Waals surface area (Å²) in [5.41, 5.74) is 6.40. The van der Waals surface area contributed by atoms with Crippen LogP contribution in [-0.2, 0) is 0 Å². The van der Waals surface area contributed by atoms with Crippen molar-refractivity contribution in [3.63, 3.8) is 0 Å². The summed E-state index contributed by atoms with van der Waals surface area (Å²) < 4.78 is 0. The van der Waals surface area contributed by atoms with E-state index in [0.29, 0.717) is 0 Å². The van der Waals surface area contributed by atoms with Gasteiger partial charge in [0.15, 0.2) is 0 Å². The van der Waals surface area contributed by atoms with Crippen molar-refractivity contribution in [3.8, 4) is 0 Å². The number of hydrogen-bond acceptors (Lipinski definition) is 2. The van der Waals surface area contributed by atoms with Crippen LogP contribution in [0.25, 0.3) is 0 Å². The van der Waals surface area contributed by atoms with Crippen LogP contribution in [0.1, 0.15) is 11.1 Å². The molecule has 0 aliphatic carbocycles. The van der Waals surface area contributed by atoms with Crippen LogP contribution in [-0.4, -0.2) is 21.1 Å². The van der Waals surface area contributed by atoms with Crippen LogP contribution in [0.4, 0.5) is 11.4 Å². The Morgan fingerprint density at radius 3 is 1.36 bits per heavy atom. The van der Waals surface area contributed by atoms with Gasteiger partial charge in [0.1, 0.15) is 0 Å². The molecular weight excluding hydrogens is 303 g/mol. The molecule has 0 unspecified atom stereocenters. The molecule has 0 aliphatic heterocycles. The Hall–Kier alpha value is -2.68. The summed E-state index contributed by atoms with van der Waals surface area (Å²) in [6.45, 7) is 4.52. The Kier molecular flexibility index (Phi) is 5.13. The third-order valence-corrected chi connectivity index (χ3v) is 4.86. The van der Waals surface area contributed by atoms with E-state index in [1.54, 1.807) is 0 Å². The molecule has 0 fully saturated rings. The van der Waals surface area contributed by atoms with E-state index in [2.05, 4.69) is 116 Å². The summed E-state index contributed by atoms with van der Waals surface area (Å²) in [6.07, 6.45) is 0. The predicted octanol–water partition coefficient (Wildman–Crippen LogP) is 4.27. The van der Waals surface area contributed by atoms with Gasteiger partial charge in [0.2, 0.25) is 0 Å². The van der Waals surface area contributed by atoms with E-state index in [0.717, 1.165) is 0 Å². The molecule has 0 aliphatic rings. The van der Waals surface area contributed by atoms with E-state index in [1.165, 1.54) is 28.0 Å². The second-order valence-electron chi connectivity index (χ2n) is 6.57. The summed E-state index contributed by atoms with van der Waals surface area (Å²) in [5.74, 6) is 0. The Morgan fingerprint density at radius 2 is 0.960 bits per heavy atom. The molecule has 0 amide bonds. The molecular formula is C22H25BN2. The van der Waals surface area contributed by atoms with Crippen molar-refractivity contribution in [3.05, 3.63) is 90.0 Å². The number of hydrogen-bond donors (Lipinski definition) is 0. The maximum Gasteiger partial charge on any atom is 0.411 e. The van der Waals surface area contributed by atoms with Crippen molar-refractivity contribution in [1.29, 1.82) is 0 Å². The van der Waals surface area contributed by atoms with Gasteiger partial charge in [-0.3, -0.25) is 0 Å². The molecule has 0 saturated carbocycles. The fourth-order valence-corrected chi connectivity index (χ4v) is 3.49. The summed E-state index contributed by atoms with van der Waals surface area (Å²) in [7, 11) is 4.34. The third kappa shape index (κ3) is 3.56. The number of rotatable bonds is 5. The lowest BCUT2D eigenvalue weighted by Gasteiger charge is -2.36. The molecule has 0 bridgehead atoms. The average Bonchev–Trinajstić information content (AvgIpc) is 2.65. The van der Waals surface area contributed by atoms with Gasteiger partial charge < -0.3 is 9.62 Å². The number of benzene rings is 3. The normalized spacial score (nSPS) is 10.4. The van der Waals surface area contributed by atoms with Gasteiger partial charge >= 0.3 is 6.98 Å². The molecule has 0 saturated heterocycles. The summed E-state index contributed by atoms with van der Waals surface area (Å²) in [5, 5.41) is 0. The lowest BCUT2D eigenvalue weighted by molar-refractivity contribution is 1.20. The van der Waals surface area contributed by atoms with Gasteiger partial charge in [0.25, 0.3) is 0 Å². The second kappa shape index (κ2) is 7.48. The van der Waals surface area contributed by atoms with Gasteiger partial charge in [-0.05, 0) is 57.7 Å². The molecule has 25 heavy (non-hydrogen) atoms. The fourth-order valence-electron chi connectivity index (χ4n) is 3.49. The van der Waals surface area contributed by atoms with Crippen LogP contribution in [0.3, 0.4) is 0 Å². The molecule has 0 heterocycles. The van der Waals surface area contributed by atoms with E-state index in [9.17, 15) is 0 Å². The number of anilines is 2. The highest BCUT2D eigenvalue weighted by Gasteiger charge is 2.32. The second-order valence-corrected chi connectivity index (χ2v) is 6.57. The van der Waals surface area contributed by atoms with Crippen LogP contribution in [0.2, 0.25) is 0 Å². The first kappa shape index (κ1) is 17.2. The molecule has 3 aromatic carbocycles. The largest absolute Gasteiger partial charge is 0.411 e. The number of para-hydroxylation sites is 2. The molecule has 0 radical (unpaired) electrons. The quantitative estimate of drug-likeness (QED) is 0.645. The van der Waals surface area contributed by atoms with Crippen LogP contribution >= 0.6 is 0 Å². The molecule has 0 atom stereocenters. The van der Waals surface area contributed by atoms with Crippen molar-refractivity contribution >= 4 is 23.8 Å². The standard InChI is InChI=1S/C22H25BN2/c1-18-12-11-13-19(2)22(18)23(24(3)20-14-7-5-8-15-20)25(4)21-16-9-6-10-17-21/h5-17H,1-4H3. The van der Waals surface area contributed by atoms with E-state index in [-0.39, 0.29) is 6.98 Å². The van der Waals surface area contributed by atoms with E-state index in [4.69, 9.17) is 0 Å². The molecule has 0 aromatic heterocycles. The maximum atomic E-state index is 2.35. The highest BCUT2D eigenvalue weighted by Crippen LogP contribution is 2.20. The molecule has 126 valence electrons. The smallest absolute Gasteiger partial charge is 0.395 e. The predicted molar refractivity (Wildman–Crippen MR) is 111 cm³/mol. The zero-order valence-electron chi connectivity index (χ0n) is 15.5. The molecule has 0 spiro atoms. The zero-order chi connectivity index (χ0) is 17.8. The Balaban J connectivity index is 2.12. The van der Waals surface area contributed by atoms with Gasteiger partial charge in [-0.25, -0.2) is 0 Å². The molecule has 3 rings (SSSR count). The minimum Gasteiger partial charge on any atom is -0.395 e. The maximum absolute atomic E-state index is 2.35. The van der Waals surface area contributed by atoms with Gasteiger partial charge in [0.05, 0.1) is 0 Å². The molecule has 3 aromatic rings. The van der Waals surface area contributed by atoms with Crippen molar-refractivity contribution in [2.75, 3.05) is 23.7 Å². The average molecular weight is 328 g/mol. The Bertz CT molecular complexity index is 752. The van der Waals surface area contributed by atoms with Gasteiger partial charge in [-0.2, -0.15) is 0 Å². The monoisotopic (exact) mass is 328 g/mol. The number of aryl methyl sites for hydroxylation is 2. The highest BCUT2D eigenvalue weighted by molar-refractivity contribution is 6.80. The Morgan fingerprint density at radius 1 is 0.560 bits per heavy atom. The summed E-state index contributed by atoms with van der Waals surface area (Å²) >= 11 is 0. The van der Waals surface area contributed by atoms with Gasteiger partial charge in [0, 0.05) is 11.4 Å². The first-order valence-electron chi connectivity index (χ1n) is 8.71. The minimum atomic E-state index is 0.117. The van der Waals surface area contributed by atoms with Gasteiger partial charge in [-0.15, -0.1) is 0 Å². The molecule has 2 nitrogen and oxygen atoms in total. The zero-order valence-corrected chi connectivity index (χ0v) is 15.5. The van der Waals surface area contributed by atoms with Crippen molar-refractivity contribution < 1.29 is 0 Å². The van der Waals surface area contributed by atoms with Crippen LogP contribution in [0.15, 0.2) is 78.9 Å². The SMILES string of the molecule is Cc1cccc(C)c1B(N(C)c1ccccc1)N(C)c1ccccc1. The lowest BCUT2D eigenvalue weighted by atomic mass is 9.60. The number of nitrogens with zero attached hydrogens (tertiary/aromatic N) is 2. The summed E-state index contributed by atoms with van der Waals surface area (Å²) in [4.78, 5) is 4.70. The third-order valence-electron chi connectivity index (χ3n) is 4.86. The summed E-state index contributed by atoms with van der Waals surface area (Å²) in [6, 6.07) is 27.7. The van der Waals surface area contributed by atoms with Crippen molar-refractivity contribution in [2.24, 2.45) is 0 Å². The minimum absolute atomic E-state index is 0.117. The van der Waals surface area contributed by atoms with Crippen LogP contribution < -0.4 is 15.1 Å².